The molecule has 156 valence electrons. The number of carbonyl (C=O) groups excluding carboxylic acids is 1. The topological polar surface area (TPSA) is 101 Å². The molecule has 1 fully saturated rings. The Morgan fingerprint density at radius 3 is 2.60 bits per heavy atom. The van der Waals surface area contributed by atoms with E-state index in [1.807, 2.05) is 12.1 Å². The fourth-order valence-electron chi connectivity index (χ4n) is 3.89. The first-order valence-electron chi connectivity index (χ1n) is 9.96. The van der Waals surface area contributed by atoms with Crippen molar-refractivity contribution in [3.8, 4) is 0 Å². The maximum atomic E-state index is 12.8. The van der Waals surface area contributed by atoms with E-state index in [4.69, 9.17) is 10.1 Å². The van der Waals surface area contributed by atoms with E-state index in [9.17, 15) is 9.59 Å². The molecule has 0 radical (unpaired) electrons. The van der Waals surface area contributed by atoms with Crippen LogP contribution in [0, 0.1) is 0 Å². The number of carbonyl (C=O) groups is 2. The van der Waals surface area contributed by atoms with Gasteiger partial charge in [0.05, 0.1) is 0 Å². The molecule has 3 heterocycles. The summed E-state index contributed by atoms with van der Waals surface area (Å²) >= 11 is -0.872. The standard InChI is InChI=1S/C21H24AsN5O3/c1-26(2)20(30)16-10-14-12-24-21(25-19(14)27(16)15-5-3-4-6-15)22-17-8-7-13(11-23-17)9-18(28)29/h7-8,10-12,15,22H,3-6,9H2,1-2H3,(H,28,29). The van der Waals surface area contributed by atoms with Crippen molar-refractivity contribution in [1.82, 2.24) is 24.4 Å². The summed E-state index contributed by atoms with van der Waals surface area (Å²) in [7, 11) is 3.53. The predicted molar refractivity (Wildman–Crippen MR) is 115 cm³/mol. The fraction of sp³-hybridized carbons (Fsp3) is 0.381. The first kappa shape index (κ1) is 20.5. The van der Waals surface area contributed by atoms with Gasteiger partial charge >= 0.3 is 181 Å². The molecule has 1 aliphatic carbocycles. The number of nitrogens with zero attached hydrogens (tertiary/aromatic N) is 5. The van der Waals surface area contributed by atoms with E-state index in [1.165, 1.54) is 12.8 Å². The van der Waals surface area contributed by atoms with Gasteiger partial charge in [-0.1, -0.05) is 0 Å². The SMILES string of the molecule is CN(C)C(=O)c1cc2cnc([AsH]c3ccc(CC(=O)O)cn3)nc2n1C1CCCC1. The van der Waals surface area contributed by atoms with E-state index >= 15 is 0 Å². The number of fused-ring (bicyclic) bond motifs is 1. The maximum absolute atomic E-state index is 12.8. The number of pyridine rings is 1. The van der Waals surface area contributed by atoms with Crippen molar-refractivity contribution in [1.29, 1.82) is 0 Å². The van der Waals surface area contributed by atoms with Crippen LogP contribution in [0.4, 0.5) is 0 Å². The quantitative estimate of drug-likeness (QED) is 0.533. The van der Waals surface area contributed by atoms with Crippen LogP contribution in [0.25, 0.3) is 11.0 Å². The molecule has 1 aliphatic rings. The van der Waals surface area contributed by atoms with Gasteiger partial charge in [-0.05, 0) is 0 Å². The third-order valence-electron chi connectivity index (χ3n) is 5.31. The average molecular weight is 469 g/mol. The Kier molecular flexibility index (Phi) is 5.86. The number of aliphatic carboxylic acids is 1. The van der Waals surface area contributed by atoms with Crippen molar-refractivity contribution in [2.45, 2.75) is 38.1 Å². The van der Waals surface area contributed by atoms with Crippen LogP contribution in [-0.2, 0) is 11.2 Å². The van der Waals surface area contributed by atoms with Gasteiger partial charge in [-0.2, -0.15) is 0 Å². The Balaban J connectivity index is 1.68. The van der Waals surface area contributed by atoms with Crippen molar-refractivity contribution in [2.75, 3.05) is 14.1 Å². The molecule has 3 aromatic rings. The number of carboxylic acid groups (broad SMARTS) is 1. The van der Waals surface area contributed by atoms with Crippen molar-refractivity contribution in [2.24, 2.45) is 0 Å². The monoisotopic (exact) mass is 469 g/mol. The molecule has 0 saturated heterocycles. The summed E-state index contributed by atoms with van der Waals surface area (Å²) in [5, 5.41) is 9.78. The second kappa shape index (κ2) is 8.56. The molecule has 1 N–H and O–H groups in total. The van der Waals surface area contributed by atoms with Gasteiger partial charge in [0.1, 0.15) is 0 Å². The van der Waals surface area contributed by atoms with E-state index in [-0.39, 0.29) is 18.4 Å². The molecular weight excluding hydrogens is 445 g/mol. The average Bonchev–Trinajstić information content (AvgIpc) is 3.35. The zero-order valence-corrected chi connectivity index (χ0v) is 19.1. The summed E-state index contributed by atoms with van der Waals surface area (Å²) in [5.74, 6) is -0.890. The summed E-state index contributed by atoms with van der Waals surface area (Å²) in [6, 6.07) is 5.85. The summed E-state index contributed by atoms with van der Waals surface area (Å²) in [6.45, 7) is 0. The molecule has 1 amide bonds. The van der Waals surface area contributed by atoms with Crippen LogP contribution in [0.1, 0.15) is 47.8 Å². The third kappa shape index (κ3) is 4.24. The predicted octanol–water partition coefficient (Wildman–Crippen LogP) is 0.658. The van der Waals surface area contributed by atoms with Crippen LogP contribution in [0.2, 0.25) is 0 Å². The molecule has 1 unspecified atom stereocenters. The minimum atomic E-state index is -0.872. The number of hydrogen-bond acceptors (Lipinski definition) is 5. The number of aromatic nitrogens is 4. The van der Waals surface area contributed by atoms with E-state index in [0.717, 1.165) is 33.0 Å². The first-order chi connectivity index (χ1) is 14.4. The fourth-order valence-corrected chi connectivity index (χ4v) is 5.60. The van der Waals surface area contributed by atoms with Gasteiger partial charge in [0.2, 0.25) is 0 Å². The Morgan fingerprint density at radius 2 is 1.97 bits per heavy atom. The molecular formula is C21H24AsN5O3. The Labute approximate surface area is 181 Å². The van der Waals surface area contributed by atoms with Crippen molar-refractivity contribution < 1.29 is 14.7 Å². The zero-order chi connectivity index (χ0) is 21.3. The number of amides is 1. The van der Waals surface area contributed by atoms with Crippen LogP contribution >= 0.6 is 0 Å². The Morgan fingerprint density at radius 1 is 1.20 bits per heavy atom. The van der Waals surface area contributed by atoms with Crippen molar-refractivity contribution in [3.63, 3.8) is 0 Å². The molecule has 30 heavy (non-hydrogen) atoms. The molecule has 1 atom stereocenters. The van der Waals surface area contributed by atoms with Gasteiger partial charge in [0.25, 0.3) is 0 Å². The van der Waals surface area contributed by atoms with E-state index in [1.54, 1.807) is 37.5 Å². The van der Waals surface area contributed by atoms with Gasteiger partial charge in [-0.15, -0.1) is 0 Å². The van der Waals surface area contributed by atoms with Crippen LogP contribution in [0.15, 0.2) is 30.6 Å². The molecule has 1 saturated carbocycles. The Hall–Kier alpha value is -2.73. The molecule has 0 aliphatic heterocycles. The van der Waals surface area contributed by atoms with Gasteiger partial charge in [0, 0.05) is 0 Å². The van der Waals surface area contributed by atoms with Gasteiger partial charge < -0.3 is 0 Å². The Bertz CT molecular complexity index is 1090. The summed E-state index contributed by atoms with van der Waals surface area (Å²) in [4.78, 5) is 39.0. The van der Waals surface area contributed by atoms with Gasteiger partial charge in [-0.25, -0.2) is 0 Å². The number of rotatable bonds is 6. The first-order valence-corrected chi connectivity index (χ1v) is 12.1. The third-order valence-corrected chi connectivity index (χ3v) is 7.44. The summed E-state index contributed by atoms with van der Waals surface area (Å²) in [6.07, 6.45) is 7.82. The molecule has 3 aromatic heterocycles. The van der Waals surface area contributed by atoms with Crippen LogP contribution in [-0.4, -0.2) is 71.2 Å². The normalized spacial score (nSPS) is 14.7. The molecule has 0 spiro atoms. The van der Waals surface area contributed by atoms with E-state index < -0.39 is 21.7 Å². The van der Waals surface area contributed by atoms with Crippen molar-refractivity contribution >= 4 is 47.8 Å². The summed E-state index contributed by atoms with van der Waals surface area (Å²) in [5.41, 5.74) is 2.17. The number of hydrogen-bond donors (Lipinski definition) is 1. The zero-order valence-electron chi connectivity index (χ0n) is 17.0. The molecule has 9 heteroatoms. The van der Waals surface area contributed by atoms with Crippen molar-refractivity contribution in [3.05, 3.63) is 41.9 Å². The van der Waals surface area contributed by atoms with Crippen LogP contribution in [0.5, 0.6) is 0 Å². The minimum absolute atomic E-state index is 0.0202. The molecule has 4 rings (SSSR count). The van der Waals surface area contributed by atoms with Gasteiger partial charge in [0.15, 0.2) is 0 Å². The van der Waals surface area contributed by atoms with E-state index in [2.05, 4.69) is 14.5 Å². The molecule has 0 bridgehead atoms. The molecule has 8 nitrogen and oxygen atoms in total. The molecule has 0 aromatic carbocycles. The van der Waals surface area contributed by atoms with Crippen LogP contribution in [0.3, 0.4) is 0 Å². The number of carboxylic acids is 1. The summed E-state index contributed by atoms with van der Waals surface area (Å²) < 4.78 is 3.76. The van der Waals surface area contributed by atoms with E-state index in [0.29, 0.717) is 11.3 Å². The second-order valence-electron chi connectivity index (χ2n) is 7.76. The van der Waals surface area contributed by atoms with Crippen LogP contribution < -0.4 is 9.09 Å². The van der Waals surface area contributed by atoms with Gasteiger partial charge in [-0.3, -0.25) is 0 Å². The second-order valence-corrected chi connectivity index (χ2v) is 10.3.